The molecule has 82 valence electrons. The first kappa shape index (κ1) is 10.6. The Balaban J connectivity index is 2.62. The van der Waals surface area contributed by atoms with Crippen LogP contribution in [-0.4, -0.2) is 21.2 Å². The van der Waals surface area contributed by atoms with Crippen molar-refractivity contribution in [1.82, 2.24) is 10.1 Å². The molecule has 7 heteroatoms. The van der Waals surface area contributed by atoms with Crippen LogP contribution in [0.15, 0.2) is 27.9 Å². The van der Waals surface area contributed by atoms with Crippen molar-refractivity contribution < 1.29 is 18.8 Å². The molecular formula is C9H5FN2O3S. The number of hydrogen-bond acceptors (Lipinski definition) is 5. The van der Waals surface area contributed by atoms with Crippen LogP contribution < -0.4 is 0 Å². The van der Waals surface area contributed by atoms with Crippen LogP contribution in [0.25, 0.3) is 11.5 Å². The smallest absolute Gasteiger partial charge is 0.336 e. The number of hydrogen-bond donors (Lipinski definition) is 2. The van der Waals surface area contributed by atoms with Gasteiger partial charge in [-0.2, -0.15) is 4.98 Å². The molecule has 1 N–H and O–H groups in total. The summed E-state index contributed by atoms with van der Waals surface area (Å²) in [7, 11) is 0. The third-order valence-corrected chi connectivity index (χ3v) is 2.04. The van der Waals surface area contributed by atoms with E-state index in [1.807, 2.05) is 0 Å². The maximum Gasteiger partial charge on any atom is 0.336 e. The van der Waals surface area contributed by atoms with Crippen molar-refractivity contribution in [3.8, 4) is 11.5 Å². The summed E-state index contributed by atoms with van der Waals surface area (Å²) in [5, 5.41) is 12.3. The van der Waals surface area contributed by atoms with Gasteiger partial charge >= 0.3 is 5.97 Å². The van der Waals surface area contributed by atoms with Crippen LogP contribution in [0.5, 0.6) is 0 Å². The van der Waals surface area contributed by atoms with Crippen LogP contribution in [0.1, 0.15) is 10.4 Å². The highest BCUT2D eigenvalue weighted by molar-refractivity contribution is 7.80. The standard InChI is InChI=1S/C9H5FN2O3S/c10-4-1-2-5(8(13)14)6(3-4)7-11-9(16)12-15-7/h1-3H,(H,12,16)(H,13,14). The van der Waals surface area contributed by atoms with E-state index in [0.29, 0.717) is 0 Å². The summed E-state index contributed by atoms with van der Waals surface area (Å²) in [6.45, 7) is 0. The van der Waals surface area contributed by atoms with Crippen molar-refractivity contribution in [2.45, 2.75) is 5.16 Å². The van der Waals surface area contributed by atoms with Gasteiger partial charge in [-0.3, -0.25) is 0 Å². The number of aromatic nitrogens is 2. The highest BCUT2D eigenvalue weighted by Crippen LogP contribution is 2.23. The van der Waals surface area contributed by atoms with E-state index in [9.17, 15) is 9.18 Å². The van der Waals surface area contributed by atoms with Gasteiger partial charge in [-0.05, 0) is 18.2 Å². The molecule has 0 fully saturated rings. The van der Waals surface area contributed by atoms with Crippen LogP contribution in [0.4, 0.5) is 4.39 Å². The average Bonchev–Trinajstić information content (AvgIpc) is 2.64. The minimum Gasteiger partial charge on any atom is -0.478 e. The summed E-state index contributed by atoms with van der Waals surface area (Å²) in [6.07, 6.45) is 0. The summed E-state index contributed by atoms with van der Waals surface area (Å²) in [4.78, 5) is 14.6. The van der Waals surface area contributed by atoms with Crippen molar-refractivity contribution in [2.75, 3.05) is 0 Å². The third-order valence-electron chi connectivity index (χ3n) is 1.86. The topological polar surface area (TPSA) is 76.2 Å². The molecular weight excluding hydrogens is 235 g/mol. The van der Waals surface area contributed by atoms with E-state index < -0.39 is 11.8 Å². The SMILES string of the molecule is O=C(O)c1ccc(F)cc1-c1nc(S)no1. The van der Waals surface area contributed by atoms with Crippen LogP contribution >= 0.6 is 12.6 Å². The van der Waals surface area contributed by atoms with E-state index in [0.717, 1.165) is 18.2 Å². The second-order valence-electron chi connectivity index (χ2n) is 2.89. The zero-order valence-corrected chi connectivity index (χ0v) is 8.61. The minimum atomic E-state index is -1.20. The van der Waals surface area contributed by atoms with Gasteiger partial charge in [0.25, 0.3) is 5.89 Å². The Kier molecular flexibility index (Phi) is 2.61. The fourth-order valence-corrected chi connectivity index (χ4v) is 1.34. The van der Waals surface area contributed by atoms with E-state index in [4.69, 9.17) is 9.63 Å². The average molecular weight is 240 g/mol. The highest BCUT2D eigenvalue weighted by Gasteiger charge is 2.17. The van der Waals surface area contributed by atoms with Gasteiger partial charge in [0.2, 0.25) is 5.16 Å². The van der Waals surface area contributed by atoms with Crippen LogP contribution in [0.3, 0.4) is 0 Å². The van der Waals surface area contributed by atoms with Gasteiger partial charge in [0.1, 0.15) is 5.82 Å². The van der Waals surface area contributed by atoms with Gasteiger partial charge in [-0.15, -0.1) is 12.6 Å². The third kappa shape index (κ3) is 1.89. The van der Waals surface area contributed by atoms with Gasteiger partial charge in [-0.1, -0.05) is 5.16 Å². The fraction of sp³-hybridized carbons (Fsp3) is 0. The van der Waals surface area contributed by atoms with Crippen LogP contribution in [0.2, 0.25) is 0 Å². The molecule has 2 aromatic rings. The molecule has 0 saturated heterocycles. The van der Waals surface area contributed by atoms with E-state index in [2.05, 4.69) is 22.8 Å². The molecule has 0 spiro atoms. The summed E-state index contributed by atoms with van der Waals surface area (Å²) >= 11 is 3.81. The molecule has 2 rings (SSSR count). The number of thiol groups is 1. The Labute approximate surface area is 94.3 Å². The van der Waals surface area contributed by atoms with Gasteiger partial charge in [0.15, 0.2) is 0 Å². The molecule has 16 heavy (non-hydrogen) atoms. The molecule has 1 heterocycles. The molecule has 0 atom stereocenters. The Morgan fingerprint density at radius 2 is 2.25 bits per heavy atom. The molecule has 0 aliphatic heterocycles. The van der Waals surface area contributed by atoms with Gasteiger partial charge in [0, 0.05) is 0 Å². The van der Waals surface area contributed by atoms with Gasteiger partial charge < -0.3 is 9.63 Å². The number of rotatable bonds is 2. The summed E-state index contributed by atoms with van der Waals surface area (Å²) < 4.78 is 17.7. The van der Waals surface area contributed by atoms with Crippen molar-refractivity contribution in [3.63, 3.8) is 0 Å². The van der Waals surface area contributed by atoms with Crippen LogP contribution in [-0.2, 0) is 0 Å². The lowest BCUT2D eigenvalue weighted by molar-refractivity contribution is 0.0697. The Morgan fingerprint density at radius 1 is 1.50 bits per heavy atom. The normalized spacial score (nSPS) is 10.4. The lowest BCUT2D eigenvalue weighted by atomic mass is 10.1. The van der Waals surface area contributed by atoms with E-state index in [1.165, 1.54) is 0 Å². The predicted octanol–water partition coefficient (Wildman–Crippen LogP) is 1.86. The zero-order valence-electron chi connectivity index (χ0n) is 7.72. The first-order valence-electron chi connectivity index (χ1n) is 4.14. The number of carboxylic acid groups (broad SMARTS) is 1. The highest BCUT2D eigenvalue weighted by atomic mass is 32.1. The van der Waals surface area contributed by atoms with Crippen molar-refractivity contribution in [3.05, 3.63) is 29.6 Å². The quantitative estimate of drug-likeness (QED) is 0.783. The maximum absolute atomic E-state index is 13.0. The molecule has 0 aliphatic rings. The number of aromatic carboxylic acids is 1. The summed E-state index contributed by atoms with van der Waals surface area (Å²) in [5.41, 5.74) is -0.0846. The lowest BCUT2D eigenvalue weighted by Gasteiger charge is -2.00. The first-order chi connectivity index (χ1) is 7.58. The summed E-state index contributed by atoms with van der Waals surface area (Å²) in [5.74, 6) is -1.87. The second kappa shape index (κ2) is 3.93. The lowest BCUT2D eigenvalue weighted by Crippen LogP contribution is -2.00. The molecule has 5 nitrogen and oxygen atoms in total. The molecule has 0 bridgehead atoms. The number of halogens is 1. The van der Waals surface area contributed by atoms with E-state index in [-0.39, 0.29) is 22.2 Å². The Hall–Kier alpha value is -1.89. The first-order valence-corrected chi connectivity index (χ1v) is 4.58. The van der Waals surface area contributed by atoms with E-state index >= 15 is 0 Å². The molecule has 0 radical (unpaired) electrons. The number of nitrogens with zero attached hydrogens (tertiary/aromatic N) is 2. The fourth-order valence-electron chi connectivity index (χ4n) is 1.21. The minimum absolute atomic E-state index is 0.0281. The van der Waals surface area contributed by atoms with Crippen molar-refractivity contribution >= 4 is 18.6 Å². The van der Waals surface area contributed by atoms with Crippen LogP contribution in [0, 0.1) is 5.82 Å². The molecule has 0 saturated carbocycles. The number of benzene rings is 1. The largest absolute Gasteiger partial charge is 0.478 e. The molecule has 0 unspecified atom stereocenters. The van der Waals surface area contributed by atoms with Gasteiger partial charge in [-0.25, -0.2) is 9.18 Å². The van der Waals surface area contributed by atoms with E-state index in [1.54, 1.807) is 0 Å². The Bertz CT molecular complexity index is 555. The maximum atomic E-state index is 13.0. The molecule has 1 aromatic carbocycles. The molecule has 1 aromatic heterocycles. The monoisotopic (exact) mass is 240 g/mol. The number of carbonyl (C=O) groups is 1. The molecule has 0 aliphatic carbocycles. The zero-order chi connectivity index (χ0) is 11.7. The predicted molar refractivity (Wildman–Crippen MR) is 53.9 cm³/mol. The number of carboxylic acids is 1. The van der Waals surface area contributed by atoms with Crippen molar-refractivity contribution in [2.24, 2.45) is 0 Å². The van der Waals surface area contributed by atoms with Gasteiger partial charge in [0.05, 0.1) is 11.1 Å². The molecule has 0 amide bonds. The van der Waals surface area contributed by atoms with Crippen molar-refractivity contribution in [1.29, 1.82) is 0 Å². The Morgan fingerprint density at radius 3 is 2.81 bits per heavy atom. The second-order valence-corrected chi connectivity index (χ2v) is 3.29. The summed E-state index contributed by atoms with van der Waals surface area (Å²) in [6, 6.07) is 3.20.